The number of rotatable bonds is 4. The number of halogens is 3. The van der Waals surface area contributed by atoms with E-state index < -0.39 is 18.8 Å². The fourth-order valence-electron chi connectivity index (χ4n) is 2.29. The Bertz CT molecular complexity index is 208. The second-order valence-electron chi connectivity index (χ2n) is 4.55. The van der Waals surface area contributed by atoms with E-state index in [1.54, 1.807) is 6.92 Å². The normalized spacial score (nSPS) is 27.4. The van der Waals surface area contributed by atoms with E-state index in [2.05, 4.69) is 0 Å². The van der Waals surface area contributed by atoms with E-state index in [-0.39, 0.29) is 5.92 Å². The van der Waals surface area contributed by atoms with E-state index in [1.165, 1.54) is 4.90 Å². The second kappa shape index (κ2) is 5.87. The van der Waals surface area contributed by atoms with Gasteiger partial charge in [0.25, 0.3) is 0 Å². The molecule has 1 fully saturated rings. The Morgan fingerprint density at radius 3 is 2.38 bits per heavy atom. The zero-order valence-corrected chi connectivity index (χ0v) is 9.63. The van der Waals surface area contributed by atoms with E-state index in [4.69, 9.17) is 0 Å². The molecule has 0 saturated heterocycles. The Balaban J connectivity index is 2.42. The number of alkyl halides is 3. The average Bonchev–Trinajstić information content (AvgIpc) is 2.18. The molecule has 2 atom stereocenters. The number of nitrogens with zero attached hydrogens (tertiary/aromatic N) is 1. The molecule has 0 aromatic heterocycles. The van der Waals surface area contributed by atoms with Crippen LogP contribution in [0.4, 0.5) is 13.2 Å². The highest BCUT2D eigenvalue weighted by molar-refractivity contribution is 4.78. The summed E-state index contributed by atoms with van der Waals surface area (Å²) in [5.74, 6) is 0.0102. The maximum Gasteiger partial charge on any atom is 0.401 e. The van der Waals surface area contributed by atoms with Crippen LogP contribution in [0.5, 0.6) is 0 Å². The SMILES string of the molecule is CCN(CC1CCCCC1O)CC(F)(F)F. The van der Waals surface area contributed by atoms with Crippen molar-refractivity contribution in [2.75, 3.05) is 19.6 Å². The number of aliphatic hydroxyl groups excluding tert-OH is 1. The fraction of sp³-hybridized carbons (Fsp3) is 1.00. The highest BCUT2D eigenvalue weighted by Gasteiger charge is 2.32. The molecule has 0 aromatic rings. The van der Waals surface area contributed by atoms with Crippen molar-refractivity contribution in [2.45, 2.75) is 44.9 Å². The summed E-state index contributed by atoms with van der Waals surface area (Å²) < 4.78 is 36.7. The molecule has 5 heteroatoms. The smallest absolute Gasteiger partial charge is 0.393 e. The maximum absolute atomic E-state index is 12.2. The summed E-state index contributed by atoms with van der Waals surface area (Å²) in [4.78, 5) is 1.37. The Hall–Kier alpha value is -0.290. The van der Waals surface area contributed by atoms with Gasteiger partial charge in [0, 0.05) is 6.54 Å². The third kappa shape index (κ3) is 4.70. The molecule has 2 nitrogen and oxygen atoms in total. The van der Waals surface area contributed by atoms with Crippen molar-refractivity contribution in [2.24, 2.45) is 5.92 Å². The lowest BCUT2D eigenvalue weighted by atomic mass is 9.86. The van der Waals surface area contributed by atoms with E-state index >= 15 is 0 Å². The van der Waals surface area contributed by atoms with Crippen molar-refractivity contribution >= 4 is 0 Å². The van der Waals surface area contributed by atoms with Gasteiger partial charge in [-0.25, -0.2) is 0 Å². The van der Waals surface area contributed by atoms with Crippen LogP contribution >= 0.6 is 0 Å². The molecule has 1 aliphatic carbocycles. The maximum atomic E-state index is 12.2. The molecular formula is C11H20F3NO. The van der Waals surface area contributed by atoms with Crippen LogP contribution in [-0.4, -0.2) is 41.9 Å². The average molecular weight is 239 g/mol. The second-order valence-corrected chi connectivity index (χ2v) is 4.55. The van der Waals surface area contributed by atoms with Gasteiger partial charge < -0.3 is 5.11 Å². The van der Waals surface area contributed by atoms with Crippen LogP contribution in [0.3, 0.4) is 0 Å². The monoisotopic (exact) mass is 239 g/mol. The van der Waals surface area contributed by atoms with Gasteiger partial charge in [-0.05, 0) is 25.3 Å². The Morgan fingerprint density at radius 2 is 1.88 bits per heavy atom. The quantitative estimate of drug-likeness (QED) is 0.814. The first-order chi connectivity index (χ1) is 7.42. The molecule has 0 aliphatic heterocycles. The predicted octanol–water partition coefficient (Wildman–Crippen LogP) is 2.42. The molecule has 1 N–H and O–H groups in total. The summed E-state index contributed by atoms with van der Waals surface area (Å²) >= 11 is 0. The lowest BCUT2D eigenvalue weighted by Gasteiger charge is -2.32. The zero-order valence-electron chi connectivity index (χ0n) is 9.63. The van der Waals surface area contributed by atoms with Crippen molar-refractivity contribution in [3.05, 3.63) is 0 Å². The van der Waals surface area contributed by atoms with Crippen LogP contribution < -0.4 is 0 Å². The number of aliphatic hydroxyl groups is 1. The minimum Gasteiger partial charge on any atom is -0.393 e. The van der Waals surface area contributed by atoms with Gasteiger partial charge in [-0.15, -0.1) is 0 Å². The van der Waals surface area contributed by atoms with Gasteiger partial charge >= 0.3 is 6.18 Å². The standard InChI is InChI=1S/C11H20F3NO/c1-2-15(8-11(12,13)14)7-9-5-3-4-6-10(9)16/h9-10,16H,2-8H2,1H3. The summed E-state index contributed by atoms with van der Waals surface area (Å²) in [6.07, 6.45) is -0.982. The van der Waals surface area contributed by atoms with Gasteiger partial charge in [-0.1, -0.05) is 19.8 Å². The molecule has 0 spiro atoms. The van der Waals surface area contributed by atoms with Crippen molar-refractivity contribution in [3.63, 3.8) is 0 Å². The molecule has 1 rings (SSSR count). The molecule has 0 amide bonds. The van der Waals surface area contributed by atoms with Gasteiger partial charge in [0.2, 0.25) is 0 Å². The molecule has 0 heterocycles. The van der Waals surface area contributed by atoms with Crippen LogP contribution in [0.15, 0.2) is 0 Å². The topological polar surface area (TPSA) is 23.5 Å². The van der Waals surface area contributed by atoms with Crippen molar-refractivity contribution < 1.29 is 18.3 Å². The van der Waals surface area contributed by atoms with Gasteiger partial charge in [-0.2, -0.15) is 13.2 Å². The van der Waals surface area contributed by atoms with E-state index in [9.17, 15) is 18.3 Å². The first-order valence-corrected chi connectivity index (χ1v) is 5.89. The summed E-state index contributed by atoms with van der Waals surface area (Å²) in [5.41, 5.74) is 0. The van der Waals surface area contributed by atoms with Gasteiger partial charge in [0.05, 0.1) is 12.6 Å². The Kier molecular flexibility index (Phi) is 5.05. The molecule has 0 bridgehead atoms. The first kappa shape index (κ1) is 13.8. The first-order valence-electron chi connectivity index (χ1n) is 5.89. The molecule has 2 unspecified atom stereocenters. The van der Waals surface area contributed by atoms with Crippen LogP contribution in [0.1, 0.15) is 32.6 Å². The molecule has 96 valence electrons. The molecule has 1 saturated carbocycles. The van der Waals surface area contributed by atoms with Crippen molar-refractivity contribution in [1.82, 2.24) is 4.90 Å². The molecule has 0 aromatic carbocycles. The number of hydrogen-bond donors (Lipinski definition) is 1. The molecule has 0 radical (unpaired) electrons. The zero-order chi connectivity index (χ0) is 12.2. The van der Waals surface area contributed by atoms with Crippen LogP contribution in [0, 0.1) is 5.92 Å². The highest BCUT2D eigenvalue weighted by Crippen LogP contribution is 2.26. The van der Waals surface area contributed by atoms with Gasteiger partial charge in [0.1, 0.15) is 0 Å². The van der Waals surface area contributed by atoms with Crippen LogP contribution in [0.25, 0.3) is 0 Å². The largest absolute Gasteiger partial charge is 0.401 e. The third-order valence-corrected chi connectivity index (χ3v) is 3.21. The van der Waals surface area contributed by atoms with Crippen molar-refractivity contribution in [3.8, 4) is 0 Å². The molecular weight excluding hydrogens is 219 g/mol. The summed E-state index contributed by atoms with van der Waals surface area (Å²) in [6.45, 7) is 1.59. The van der Waals surface area contributed by atoms with Crippen molar-refractivity contribution in [1.29, 1.82) is 0 Å². The summed E-state index contributed by atoms with van der Waals surface area (Å²) in [7, 11) is 0. The minimum atomic E-state index is -4.14. The highest BCUT2D eigenvalue weighted by atomic mass is 19.4. The third-order valence-electron chi connectivity index (χ3n) is 3.21. The van der Waals surface area contributed by atoms with E-state index in [0.717, 1.165) is 25.7 Å². The Morgan fingerprint density at radius 1 is 1.25 bits per heavy atom. The van der Waals surface area contributed by atoms with Crippen LogP contribution in [0.2, 0.25) is 0 Å². The van der Waals surface area contributed by atoms with E-state index in [1.807, 2.05) is 0 Å². The van der Waals surface area contributed by atoms with Gasteiger partial charge in [0.15, 0.2) is 0 Å². The van der Waals surface area contributed by atoms with Crippen LogP contribution in [-0.2, 0) is 0 Å². The lowest BCUT2D eigenvalue weighted by molar-refractivity contribution is -0.148. The predicted molar refractivity (Wildman–Crippen MR) is 56.1 cm³/mol. The summed E-state index contributed by atoms with van der Waals surface area (Å²) in [6, 6.07) is 0. The fourth-order valence-corrected chi connectivity index (χ4v) is 2.29. The minimum absolute atomic E-state index is 0.0102. The summed E-state index contributed by atoms with van der Waals surface area (Å²) in [5, 5.41) is 9.70. The Labute approximate surface area is 94.4 Å². The van der Waals surface area contributed by atoms with E-state index in [0.29, 0.717) is 13.1 Å². The molecule has 16 heavy (non-hydrogen) atoms. The van der Waals surface area contributed by atoms with Gasteiger partial charge in [-0.3, -0.25) is 4.90 Å². The molecule has 1 aliphatic rings. The number of hydrogen-bond acceptors (Lipinski definition) is 2. The lowest BCUT2D eigenvalue weighted by Crippen LogP contribution is -2.41.